The van der Waals surface area contributed by atoms with Crippen molar-refractivity contribution < 1.29 is 62.7 Å². The Morgan fingerprint density at radius 3 is 2.37 bits per heavy atom. The van der Waals surface area contributed by atoms with Crippen LogP contribution in [0.25, 0.3) is 0 Å². The maximum absolute atomic E-state index is 13.8. The van der Waals surface area contributed by atoms with Crippen molar-refractivity contribution in [2.45, 2.75) is 58.1 Å². The van der Waals surface area contributed by atoms with Crippen molar-refractivity contribution in [1.82, 2.24) is 4.90 Å². The third-order valence-corrected chi connectivity index (χ3v) is 7.71. The fourth-order valence-corrected chi connectivity index (χ4v) is 5.10. The topological polar surface area (TPSA) is 192 Å². The third kappa shape index (κ3) is 11.1. The van der Waals surface area contributed by atoms with Gasteiger partial charge in [-0.15, -0.1) is 0 Å². The largest absolute Gasteiger partial charge is 0.493 e. The second kappa shape index (κ2) is 17.7. The van der Waals surface area contributed by atoms with Crippen molar-refractivity contribution in [3.63, 3.8) is 0 Å². The molecule has 49 heavy (non-hydrogen) atoms. The van der Waals surface area contributed by atoms with Crippen LogP contribution in [0.4, 0.5) is 0 Å². The van der Waals surface area contributed by atoms with Crippen molar-refractivity contribution in [3.05, 3.63) is 66.2 Å². The van der Waals surface area contributed by atoms with Crippen LogP contribution in [0.3, 0.4) is 0 Å². The van der Waals surface area contributed by atoms with E-state index in [2.05, 4.69) is 6.58 Å². The first-order valence-electron chi connectivity index (χ1n) is 15.6. The number of piperidine rings is 1. The first-order chi connectivity index (χ1) is 23.2. The second-order valence-corrected chi connectivity index (χ2v) is 11.9. The lowest BCUT2D eigenvalue weighted by Crippen LogP contribution is -2.53. The molecule has 2 aromatic carbocycles. The highest BCUT2D eigenvalue weighted by Crippen LogP contribution is 2.32. The van der Waals surface area contributed by atoms with Crippen LogP contribution in [0.2, 0.25) is 0 Å². The molecule has 1 heterocycles. The molecule has 2 N–H and O–H groups in total. The van der Waals surface area contributed by atoms with Crippen LogP contribution in [0.15, 0.2) is 55.1 Å². The van der Waals surface area contributed by atoms with E-state index in [0.717, 1.165) is 11.6 Å². The number of nitrogens with zero attached hydrogens (tertiary/aromatic N) is 1. The normalized spacial score (nSPS) is 14.9. The molecule has 0 aliphatic carbocycles. The molecule has 1 amide bonds. The molecule has 1 aliphatic rings. The summed E-state index contributed by atoms with van der Waals surface area (Å²) in [6, 6.07) is 10.3. The van der Waals surface area contributed by atoms with Crippen LogP contribution >= 0.6 is 0 Å². The van der Waals surface area contributed by atoms with Crippen molar-refractivity contribution in [3.8, 4) is 17.2 Å². The van der Waals surface area contributed by atoms with E-state index in [9.17, 15) is 28.8 Å². The van der Waals surface area contributed by atoms with E-state index >= 15 is 0 Å². The van der Waals surface area contributed by atoms with Crippen LogP contribution in [-0.4, -0.2) is 90.2 Å². The number of carboxylic acids is 2. The average molecular weight is 684 g/mol. The maximum Gasteiger partial charge on any atom is 0.341 e. The number of ketones is 1. The molecule has 2 atom stereocenters. The summed E-state index contributed by atoms with van der Waals surface area (Å²) in [6.45, 7) is 4.91. The first-order valence-corrected chi connectivity index (χ1v) is 15.6. The van der Waals surface area contributed by atoms with Crippen LogP contribution in [0.5, 0.6) is 17.2 Å². The minimum Gasteiger partial charge on any atom is -0.493 e. The standard InChI is InChI=1S/C35H41NO13/c1-5-31(41)48-21-35(2,3)32(42)33(43)36-16-7-6-11-25(36)34(44)49-26(23-9-8-10-24(18-23)46-19-29(37)38)14-12-22-13-15-27(28(17-22)45-4)47-20-30(39)40/h5,8-10,13,15,17-18,25-26H,1,6-7,11-12,14,16,19-21H2,2-4H3,(H,37,38)(H,39,40)/t25-,26+/m0/s1. The maximum atomic E-state index is 13.8. The third-order valence-electron chi connectivity index (χ3n) is 7.71. The molecular weight excluding hydrogens is 642 g/mol. The lowest BCUT2D eigenvalue weighted by Gasteiger charge is -2.36. The summed E-state index contributed by atoms with van der Waals surface area (Å²) in [4.78, 5) is 75.3. The molecule has 14 nitrogen and oxygen atoms in total. The zero-order valence-corrected chi connectivity index (χ0v) is 27.7. The Kier molecular flexibility index (Phi) is 13.7. The van der Waals surface area contributed by atoms with Gasteiger partial charge in [-0.05, 0) is 81.3 Å². The molecule has 1 aliphatic heterocycles. The Bertz CT molecular complexity index is 1550. The van der Waals surface area contributed by atoms with Crippen molar-refractivity contribution in [1.29, 1.82) is 0 Å². The van der Waals surface area contributed by atoms with Crippen LogP contribution in [0.1, 0.15) is 56.8 Å². The number of carboxylic acid groups (broad SMARTS) is 2. The number of aryl methyl sites for hydroxylation is 1. The Labute approximate surface area is 283 Å². The number of rotatable bonds is 18. The van der Waals surface area contributed by atoms with Crippen LogP contribution < -0.4 is 14.2 Å². The smallest absolute Gasteiger partial charge is 0.341 e. The zero-order chi connectivity index (χ0) is 36.1. The molecule has 0 aromatic heterocycles. The van der Waals surface area contributed by atoms with E-state index in [-0.39, 0.29) is 37.5 Å². The van der Waals surface area contributed by atoms with Crippen molar-refractivity contribution >= 4 is 35.6 Å². The molecule has 14 heteroatoms. The van der Waals surface area contributed by atoms with Gasteiger partial charge >= 0.3 is 23.9 Å². The van der Waals surface area contributed by atoms with Crippen LogP contribution in [-0.2, 0) is 44.7 Å². The number of carbonyl (C=O) groups excluding carboxylic acids is 4. The van der Waals surface area contributed by atoms with E-state index in [1.807, 2.05) is 0 Å². The Morgan fingerprint density at radius 1 is 0.980 bits per heavy atom. The van der Waals surface area contributed by atoms with E-state index in [4.69, 9.17) is 33.9 Å². The number of esters is 2. The number of Topliss-reactive ketones (excluding diaryl/α,β-unsaturated/α-hetero) is 1. The van der Waals surface area contributed by atoms with E-state index in [0.29, 0.717) is 30.6 Å². The number of benzene rings is 2. The minimum atomic E-state index is -1.37. The fourth-order valence-electron chi connectivity index (χ4n) is 5.10. The Morgan fingerprint density at radius 2 is 1.69 bits per heavy atom. The van der Waals surface area contributed by atoms with Gasteiger partial charge in [0.15, 0.2) is 24.7 Å². The summed E-state index contributed by atoms with van der Waals surface area (Å²) in [7, 11) is 1.41. The van der Waals surface area contributed by atoms with E-state index < -0.39 is 66.3 Å². The van der Waals surface area contributed by atoms with Crippen LogP contribution in [0, 0.1) is 5.41 Å². The Hall–Kier alpha value is -5.40. The molecule has 264 valence electrons. The zero-order valence-electron chi connectivity index (χ0n) is 27.7. The first kappa shape index (κ1) is 38.1. The summed E-state index contributed by atoms with van der Waals surface area (Å²) in [5.74, 6) is -4.72. The average Bonchev–Trinajstić information content (AvgIpc) is 3.09. The molecule has 1 saturated heterocycles. The van der Waals surface area contributed by atoms with Crippen molar-refractivity contribution in [2.75, 3.05) is 33.5 Å². The highest BCUT2D eigenvalue weighted by atomic mass is 16.6. The summed E-state index contributed by atoms with van der Waals surface area (Å²) in [5, 5.41) is 18.0. The van der Waals surface area contributed by atoms with Gasteiger partial charge in [-0.25, -0.2) is 19.2 Å². The van der Waals surface area contributed by atoms with Gasteiger partial charge in [0, 0.05) is 12.6 Å². The quantitative estimate of drug-likeness (QED) is 0.132. The summed E-state index contributed by atoms with van der Waals surface area (Å²) >= 11 is 0. The van der Waals surface area contributed by atoms with Gasteiger partial charge in [0.2, 0.25) is 5.78 Å². The minimum absolute atomic E-state index is 0.145. The number of aliphatic carboxylic acids is 2. The number of amides is 1. The van der Waals surface area contributed by atoms with E-state index in [1.54, 1.807) is 42.5 Å². The summed E-state index contributed by atoms with van der Waals surface area (Å²) < 4.78 is 27.0. The number of hydrogen-bond acceptors (Lipinski definition) is 11. The number of ether oxygens (including phenoxy) is 5. The highest BCUT2D eigenvalue weighted by molar-refractivity contribution is 6.38. The van der Waals surface area contributed by atoms with Gasteiger partial charge in [0.25, 0.3) is 5.91 Å². The molecule has 0 saturated carbocycles. The van der Waals surface area contributed by atoms with Gasteiger partial charge in [-0.1, -0.05) is 24.8 Å². The predicted molar refractivity (Wildman–Crippen MR) is 172 cm³/mol. The Balaban J connectivity index is 1.85. The van der Waals surface area contributed by atoms with Gasteiger partial charge < -0.3 is 38.8 Å². The molecule has 0 unspecified atom stereocenters. The van der Waals surface area contributed by atoms with Gasteiger partial charge in [0.1, 0.15) is 24.5 Å². The molecule has 2 aromatic rings. The summed E-state index contributed by atoms with van der Waals surface area (Å²) in [6.07, 6.45) is 2.07. The molecule has 0 spiro atoms. The predicted octanol–water partition coefficient (Wildman–Crippen LogP) is 3.54. The van der Waals surface area contributed by atoms with Gasteiger partial charge in [-0.3, -0.25) is 9.59 Å². The fraction of sp³-hybridized carbons (Fsp3) is 0.429. The monoisotopic (exact) mass is 683 g/mol. The molecule has 1 fully saturated rings. The molecule has 0 radical (unpaired) electrons. The van der Waals surface area contributed by atoms with E-state index in [1.165, 1.54) is 25.9 Å². The molecule has 3 rings (SSSR count). The van der Waals surface area contributed by atoms with Crippen molar-refractivity contribution in [2.24, 2.45) is 5.41 Å². The highest BCUT2D eigenvalue weighted by Gasteiger charge is 2.42. The van der Waals surface area contributed by atoms with Gasteiger partial charge in [-0.2, -0.15) is 0 Å². The lowest BCUT2D eigenvalue weighted by molar-refractivity contribution is -0.165. The number of methoxy groups -OCH3 is 1. The number of likely N-dealkylation sites (tertiary alicyclic amines) is 1. The molecule has 0 bridgehead atoms. The lowest BCUT2D eigenvalue weighted by atomic mass is 9.87. The summed E-state index contributed by atoms with van der Waals surface area (Å²) in [5.41, 5.74) is -0.117. The number of carbonyl (C=O) groups is 6. The number of hydrogen-bond donors (Lipinski definition) is 2. The second-order valence-electron chi connectivity index (χ2n) is 11.9. The SMILES string of the molecule is C=CC(=O)OCC(C)(C)C(=O)C(=O)N1CCCC[C@H]1C(=O)O[C@H](CCc1ccc(OCC(=O)O)c(OC)c1)c1cccc(OCC(=O)O)c1. The van der Waals surface area contributed by atoms with Gasteiger partial charge in [0.05, 0.1) is 12.5 Å². The molecular formula is C35H41NO13.